The van der Waals surface area contributed by atoms with Gasteiger partial charge in [-0.25, -0.2) is 4.79 Å². The van der Waals surface area contributed by atoms with Gasteiger partial charge in [0.15, 0.2) is 0 Å². The Morgan fingerprint density at radius 1 is 1.41 bits per heavy atom. The molecule has 0 spiro atoms. The number of aliphatic carboxylic acids is 1. The molecule has 0 fully saturated rings. The maximum Gasteiger partial charge on any atom is 0.326 e. The van der Waals surface area contributed by atoms with Crippen LogP contribution in [0.4, 0.5) is 11.4 Å². The number of carbonyl (C=O) groups is 2. The number of nitrogens with one attached hydrogen (secondary N) is 2. The first-order chi connectivity index (χ1) is 10.5. The number of carbonyl (C=O) groups excluding carboxylic acids is 1. The quantitative estimate of drug-likeness (QED) is 0.380. The maximum absolute atomic E-state index is 11.7. The van der Waals surface area contributed by atoms with Crippen LogP contribution in [-0.2, 0) is 9.59 Å². The van der Waals surface area contributed by atoms with Crippen LogP contribution in [-0.4, -0.2) is 34.5 Å². The van der Waals surface area contributed by atoms with Crippen molar-refractivity contribution in [3.63, 3.8) is 0 Å². The normalized spacial score (nSPS) is 11.9. The Hall–Kier alpha value is -2.90. The fourth-order valence-corrected chi connectivity index (χ4v) is 1.70. The van der Waals surface area contributed by atoms with Crippen LogP contribution < -0.4 is 10.6 Å². The van der Waals surface area contributed by atoms with Crippen molar-refractivity contribution in [3.05, 3.63) is 46.5 Å². The van der Waals surface area contributed by atoms with Gasteiger partial charge in [0.1, 0.15) is 11.7 Å². The number of anilines is 1. The van der Waals surface area contributed by atoms with Crippen LogP contribution in [0.1, 0.15) is 13.3 Å². The monoisotopic (exact) mass is 307 g/mol. The molecule has 118 valence electrons. The lowest BCUT2D eigenvalue weighted by atomic mass is 10.2. The van der Waals surface area contributed by atoms with E-state index in [1.54, 1.807) is 25.1 Å². The van der Waals surface area contributed by atoms with E-state index in [0.29, 0.717) is 0 Å². The third-order valence-electron chi connectivity index (χ3n) is 2.78. The number of para-hydroxylation sites is 2. The van der Waals surface area contributed by atoms with Gasteiger partial charge in [-0.05, 0) is 19.4 Å². The summed E-state index contributed by atoms with van der Waals surface area (Å²) in [7, 11) is 0. The summed E-state index contributed by atoms with van der Waals surface area (Å²) in [5, 5.41) is 24.8. The van der Waals surface area contributed by atoms with Crippen LogP contribution in [0.2, 0.25) is 0 Å². The zero-order chi connectivity index (χ0) is 16.5. The van der Waals surface area contributed by atoms with E-state index >= 15 is 0 Å². The minimum atomic E-state index is -1.14. The number of rotatable bonds is 8. The molecule has 1 rings (SSSR count). The summed E-state index contributed by atoms with van der Waals surface area (Å²) in [4.78, 5) is 33.0. The second-order valence-corrected chi connectivity index (χ2v) is 4.39. The molecule has 0 aliphatic heterocycles. The van der Waals surface area contributed by atoms with Crippen LogP contribution in [0.3, 0.4) is 0 Å². The van der Waals surface area contributed by atoms with Crippen molar-refractivity contribution < 1.29 is 19.6 Å². The molecule has 0 heterocycles. The molecule has 1 unspecified atom stereocenters. The van der Waals surface area contributed by atoms with Gasteiger partial charge in [0.2, 0.25) is 5.91 Å². The highest BCUT2D eigenvalue weighted by atomic mass is 16.6. The molecule has 1 aromatic rings. The second-order valence-electron chi connectivity index (χ2n) is 4.39. The molecule has 8 nitrogen and oxygen atoms in total. The van der Waals surface area contributed by atoms with E-state index in [4.69, 9.17) is 5.11 Å². The third kappa shape index (κ3) is 5.23. The van der Waals surface area contributed by atoms with Crippen molar-refractivity contribution in [1.82, 2.24) is 5.32 Å². The Balaban J connectivity index is 2.62. The molecular formula is C14H17N3O5. The molecule has 22 heavy (non-hydrogen) atoms. The number of hydrogen-bond acceptors (Lipinski definition) is 5. The average Bonchev–Trinajstić information content (AvgIpc) is 2.49. The molecule has 3 N–H and O–H groups in total. The lowest BCUT2D eigenvalue weighted by Gasteiger charge is -2.13. The predicted molar refractivity (Wildman–Crippen MR) is 80.6 cm³/mol. The zero-order valence-corrected chi connectivity index (χ0v) is 12.0. The molecular weight excluding hydrogens is 290 g/mol. The Morgan fingerprint density at radius 3 is 2.68 bits per heavy atom. The second kappa shape index (κ2) is 8.40. The molecule has 0 aliphatic carbocycles. The van der Waals surface area contributed by atoms with Gasteiger partial charge in [-0.3, -0.25) is 14.9 Å². The van der Waals surface area contributed by atoms with Crippen LogP contribution in [0.5, 0.6) is 0 Å². The van der Waals surface area contributed by atoms with E-state index in [1.165, 1.54) is 18.2 Å². The summed E-state index contributed by atoms with van der Waals surface area (Å²) in [6.07, 6.45) is 3.49. The summed E-state index contributed by atoms with van der Waals surface area (Å²) >= 11 is 0. The number of benzene rings is 1. The summed E-state index contributed by atoms with van der Waals surface area (Å²) in [5.74, 6) is -1.70. The fraction of sp³-hybridized carbons (Fsp3) is 0.286. The van der Waals surface area contributed by atoms with Gasteiger partial charge in [0.25, 0.3) is 5.69 Å². The number of nitro benzene ring substituents is 1. The number of amides is 1. The molecule has 0 bridgehead atoms. The van der Waals surface area contributed by atoms with Gasteiger partial charge in [-0.15, -0.1) is 0 Å². The highest BCUT2D eigenvalue weighted by Crippen LogP contribution is 2.22. The Morgan fingerprint density at radius 2 is 2.09 bits per heavy atom. The van der Waals surface area contributed by atoms with Crippen molar-refractivity contribution in [2.45, 2.75) is 19.4 Å². The van der Waals surface area contributed by atoms with Gasteiger partial charge in [0.05, 0.1) is 11.5 Å². The third-order valence-corrected chi connectivity index (χ3v) is 2.78. The highest BCUT2D eigenvalue weighted by Gasteiger charge is 2.19. The number of allylic oxidation sites excluding steroid dienone is 1. The standard InChI is InChI=1S/C14H17N3O5/c1-2-3-6-11(14(19)20)16-13(18)9-15-10-7-4-5-8-12(10)17(21)22/h2-5,7-8,11,15H,6,9H2,1H3,(H,16,18)(H,19,20)/b3-2+. The highest BCUT2D eigenvalue weighted by molar-refractivity contribution is 5.86. The summed E-state index contributed by atoms with van der Waals surface area (Å²) in [6.45, 7) is 1.49. The molecule has 0 aromatic heterocycles. The summed E-state index contributed by atoms with van der Waals surface area (Å²) in [5.41, 5.74) is 0.0435. The maximum atomic E-state index is 11.7. The van der Waals surface area contributed by atoms with Gasteiger partial charge in [-0.1, -0.05) is 24.3 Å². The van der Waals surface area contributed by atoms with Crippen molar-refractivity contribution in [2.75, 3.05) is 11.9 Å². The van der Waals surface area contributed by atoms with E-state index in [-0.39, 0.29) is 24.3 Å². The van der Waals surface area contributed by atoms with E-state index in [9.17, 15) is 19.7 Å². The Bertz CT molecular complexity index is 586. The first kappa shape index (κ1) is 17.2. The van der Waals surface area contributed by atoms with E-state index in [0.717, 1.165) is 0 Å². The largest absolute Gasteiger partial charge is 0.480 e. The fourth-order valence-electron chi connectivity index (χ4n) is 1.70. The Labute approximate surface area is 127 Å². The lowest BCUT2D eigenvalue weighted by molar-refractivity contribution is -0.383. The minimum Gasteiger partial charge on any atom is -0.480 e. The number of hydrogen-bond donors (Lipinski definition) is 3. The molecule has 0 saturated carbocycles. The molecule has 1 amide bonds. The number of carboxylic acids is 1. The SMILES string of the molecule is C/C=C/CC(NC(=O)CNc1ccccc1[N+](=O)[O-])C(=O)O. The number of nitro groups is 1. The van der Waals surface area contributed by atoms with Gasteiger partial charge in [0, 0.05) is 6.07 Å². The van der Waals surface area contributed by atoms with Crippen LogP contribution >= 0.6 is 0 Å². The first-order valence-electron chi connectivity index (χ1n) is 6.56. The molecule has 8 heteroatoms. The molecule has 1 atom stereocenters. The summed E-state index contributed by atoms with van der Waals surface area (Å²) < 4.78 is 0. The van der Waals surface area contributed by atoms with E-state index in [2.05, 4.69) is 10.6 Å². The summed E-state index contributed by atoms with van der Waals surface area (Å²) in [6, 6.07) is 4.86. The van der Waals surface area contributed by atoms with Crippen molar-refractivity contribution in [1.29, 1.82) is 0 Å². The van der Waals surface area contributed by atoms with E-state index in [1.807, 2.05) is 0 Å². The van der Waals surface area contributed by atoms with Gasteiger partial charge < -0.3 is 15.7 Å². The molecule has 0 aliphatic rings. The first-order valence-corrected chi connectivity index (χ1v) is 6.56. The smallest absolute Gasteiger partial charge is 0.326 e. The van der Waals surface area contributed by atoms with Crippen LogP contribution in [0.15, 0.2) is 36.4 Å². The Kier molecular flexibility index (Phi) is 6.55. The topological polar surface area (TPSA) is 122 Å². The number of carboxylic acid groups (broad SMARTS) is 1. The van der Waals surface area contributed by atoms with Crippen molar-refractivity contribution in [3.8, 4) is 0 Å². The predicted octanol–water partition coefficient (Wildman–Crippen LogP) is 1.54. The van der Waals surface area contributed by atoms with Crippen LogP contribution in [0.25, 0.3) is 0 Å². The van der Waals surface area contributed by atoms with Gasteiger partial charge in [-0.2, -0.15) is 0 Å². The average molecular weight is 307 g/mol. The van der Waals surface area contributed by atoms with E-state index < -0.39 is 22.8 Å². The van der Waals surface area contributed by atoms with Crippen molar-refractivity contribution >= 4 is 23.3 Å². The molecule has 1 aromatic carbocycles. The van der Waals surface area contributed by atoms with Crippen LogP contribution in [0, 0.1) is 10.1 Å². The molecule has 0 radical (unpaired) electrons. The minimum absolute atomic E-state index is 0.154. The lowest BCUT2D eigenvalue weighted by Crippen LogP contribution is -2.43. The van der Waals surface area contributed by atoms with Gasteiger partial charge >= 0.3 is 5.97 Å². The number of nitrogens with zero attached hydrogens (tertiary/aromatic N) is 1. The van der Waals surface area contributed by atoms with Crippen molar-refractivity contribution in [2.24, 2.45) is 0 Å². The molecule has 0 saturated heterocycles. The zero-order valence-electron chi connectivity index (χ0n) is 12.0.